The van der Waals surface area contributed by atoms with Crippen LogP contribution in [0.3, 0.4) is 0 Å². The molecule has 0 saturated carbocycles. The maximum atomic E-state index is 12.1. The Morgan fingerprint density at radius 2 is 2.27 bits per heavy atom. The van der Waals surface area contributed by atoms with Gasteiger partial charge in [-0.1, -0.05) is 0 Å². The summed E-state index contributed by atoms with van der Waals surface area (Å²) in [5.41, 5.74) is 6.86. The molecular weight excluding hydrogens is 304 g/mol. The lowest BCUT2D eigenvalue weighted by molar-refractivity contribution is 0.0337. The number of carbonyl (C=O) groups is 1. The van der Waals surface area contributed by atoms with Crippen molar-refractivity contribution in [1.82, 2.24) is 9.88 Å². The van der Waals surface area contributed by atoms with Gasteiger partial charge in [-0.15, -0.1) is 11.3 Å². The summed E-state index contributed by atoms with van der Waals surface area (Å²) in [6.07, 6.45) is 1.40. The fourth-order valence-electron chi connectivity index (χ4n) is 2.20. The SMILES string of the molecule is NCc1cc(C(=O)Nc2nc(CN3CCOCC3)cs2)co1. The Morgan fingerprint density at radius 1 is 1.45 bits per heavy atom. The highest BCUT2D eigenvalue weighted by atomic mass is 32.1. The van der Waals surface area contributed by atoms with Crippen LogP contribution in [0.2, 0.25) is 0 Å². The van der Waals surface area contributed by atoms with Crippen molar-refractivity contribution >= 4 is 22.4 Å². The number of morpholine rings is 1. The number of amides is 1. The van der Waals surface area contributed by atoms with Crippen molar-refractivity contribution in [2.45, 2.75) is 13.1 Å². The molecule has 1 saturated heterocycles. The Hall–Kier alpha value is -1.74. The van der Waals surface area contributed by atoms with E-state index in [0.717, 1.165) is 38.5 Å². The molecule has 1 fully saturated rings. The molecule has 3 rings (SSSR count). The van der Waals surface area contributed by atoms with Crippen LogP contribution in [0.15, 0.2) is 22.1 Å². The van der Waals surface area contributed by atoms with Crippen molar-refractivity contribution in [2.75, 3.05) is 31.6 Å². The van der Waals surface area contributed by atoms with E-state index in [1.807, 2.05) is 5.38 Å². The number of hydrogen-bond acceptors (Lipinski definition) is 7. The molecule has 1 aliphatic rings. The minimum absolute atomic E-state index is 0.240. The van der Waals surface area contributed by atoms with Gasteiger partial charge in [0.15, 0.2) is 5.13 Å². The standard InChI is InChI=1S/C14H18N4O3S/c15-6-12-5-10(8-21-12)13(19)17-14-16-11(9-22-14)7-18-1-3-20-4-2-18/h5,8-9H,1-4,6-7,15H2,(H,16,17,19). The van der Waals surface area contributed by atoms with E-state index in [1.54, 1.807) is 6.07 Å². The van der Waals surface area contributed by atoms with Crippen LogP contribution in [0, 0.1) is 0 Å². The normalized spacial score (nSPS) is 15.9. The molecule has 2 aromatic heterocycles. The zero-order valence-electron chi connectivity index (χ0n) is 12.1. The molecule has 0 atom stereocenters. The van der Waals surface area contributed by atoms with Gasteiger partial charge in [0.1, 0.15) is 12.0 Å². The predicted molar refractivity (Wildman–Crippen MR) is 82.8 cm³/mol. The Labute approximate surface area is 132 Å². The second-order valence-electron chi connectivity index (χ2n) is 4.99. The number of furan rings is 1. The van der Waals surface area contributed by atoms with Gasteiger partial charge in [0, 0.05) is 25.0 Å². The van der Waals surface area contributed by atoms with Crippen LogP contribution in [0.1, 0.15) is 21.8 Å². The first-order chi connectivity index (χ1) is 10.7. The van der Waals surface area contributed by atoms with Gasteiger partial charge in [0.2, 0.25) is 0 Å². The summed E-state index contributed by atoms with van der Waals surface area (Å²) in [7, 11) is 0. The lowest BCUT2D eigenvalue weighted by Crippen LogP contribution is -2.35. The minimum Gasteiger partial charge on any atom is -0.467 e. The second kappa shape index (κ2) is 7.01. The first-order valence-electron chi connectivity index (χ1n) is 7.08. The number of nitrogens with two attached hydrogens (primary N) is 1. The van der Waals surface area contributed by atoms with Crippen molar-refractivity contribution in [3.8, 4) is 0 Å². The van der Waals surface area contributed by atoms with E-state index in [-0.39, 0.29) is 12.5 Å². The summed E-state index contributed by atoms with van der Waals surface area (Å²) < 4.78 is 10.5. The molecule has 0 aliphatic carbocycles. The number of hydrogen-bond donors (Lipinski definition) is 2. The lowest BCUT2D eigenvalue weighted by atomic mass is 10.3. The van der Waals surface area contributed by atoms with Crippen LogP contribution in [-0.4, -0.2) is 42.1 Å². The average Bonchev–Trinajstić information content (AvgIpc) is 3.17. The molecule has 0 spiro atoms. The number of nitrogens with one attached hydrogen (secondary N) is 1. The Balaban J connectivity index is 1.57. The first-order valence-corrected chi connectivity index (χ1v) is 7.96. The average molecular weight is 322 g/mol. The highest BCUT2D eigenvalue weighted by Crippen LogP contribution is 2.18. The predicted octanol–water partition coefficient (Wildman–Crippen LogP) is 1.28. The molecule has 3 N–H and O–H groups in total. The number of anilines is 1. The zero-order valence-corrected chi connectivity index (χ0v) is 12.9. The number of ether oxygens (including phenoxy) is 1. The van der Waals surface area contributed by atoms with Crippen LogP contribution in [-0.2, 0) is 17.8 Å². The summed E-state index contributed by atoms with van der Waals surface area (Å²) in [4.78, 5) is 18.8. The van der Waals surface area contributed by atoms with E-state index in [1.165, 1.54) is 17.6 Å². The summed E-state index contributed by atoms with van der Waals surface area (Å²) in [5, 5.41) is 5.33. The van der Waals surface area contributed by atoms with Crippen molar-refractivity contribution < 1.29 is 13.9 Å². The number of rotatable bonds is 5. The molecule has 1 amide bonds. The van der Waals surface area contributed by atoms with Crippen LogP contribution in [0.4, 0.5) is 5.13 Å². The summed E-state index contributed by atoms with van der Waals surface area (Å²) >= 11 is 1.42. The molecule has 22 heavy (non-hydrogen) atoms. The molecule has 1 aliphatic heterocycles. The Bertz CT molecular complexity index is 634. The van der Waals surface area contributed by atoms with E-state index in [9.17, 15) is 4.79 Å². The number of carbonyl (C=O) groups excluding carboxylic acids is 1. The molecular formula is C14H18N4O3S. The molecule has 8 heteroatoms. The van der Waals surface area contributed by atoms with Crippen molar-refractivity contribution in [2.24, 2.45) is 5.73 Å². The Kier molecular flexibility index (Phi) is 4.84. The third-order valence-electron chi connectivity index (χ3n) is 3.38. The molecule has 0 aromatic carbocycles. The van der Waals surface area contributed by atoms with E-state index in [4.69, 9.17) is 14.9 Å². The molecule has 0 bridgehead atoms. The van der Waals surface area contributed by atoms with Gasteiger partial charge < -0.3 is 14.9 Å². The van der Waals surface area contributed by atoms with Gasteiger partial charge in [-0.25, -0.2) is 4.98 Å². The van der Waals surface area contributed by atoms with Crippen LogP contribution < -0.4 is 11.1 Å². The van der Waals surface area contributed by atoms with E-state index >= 15 is 0 Å². The highest BCUT2D eigenvalue weighted by Gasteiger charge is 2.15. The van der Waals surface area contributed by atoms with Crippen molar-refractivity contribution in [3.63, 3.8) is 0 Å². The van der Waals surface area contributed by atoms with Crippen LogP contribution in [0.5, 0.6) is 0 Å². The van der Waals surface area contributed by atoms with Gasteiger partial charge in [-0.05, 0) is 6.07 Å². The number of thiazole rings is 1. The van der Waals surface area contributed by atoms with Gasteiger partial charge >= 0.3 is 0 Å². The maximum absolute atomic E-state index is 12.1. The summed E-state index contributed by atoms with van der Waals surface area (Å²) in [5.74, 6) is 0.341. The van der Waals surface area contributed by atoms with Crippen LogP contribution >= 0.6 is 11.3 Å². The molecule has 3 heterocycles. The quantitative estimate of drug-likeness (QED) is 0.861. The van der Waals surface area contributed by atoms with Gasteiger partial charge in [0.05, 0.1) is 31.0 Å². The molecule has 118 valence electrons. The first kappa shape index (κ1) is 15.2. The third kappa shape index (κ3) is 3.72. The molecule has 0 radical (unpaired) electrons. The lowest BCUT2D eigenvalue weighted by Gasteiger charge is -2.25. The van der Waals surface area contributed by atoms with Gasteiger partial charge in [0.25, 0.3) is 5.91 Å². The van der Waals surface area contributed by atoms with E-state index in [0.29, 0.717) is 16.5 Å². The molecule has 0 unspecified atom stereocenters. The summed E-state index contributed by atoms with van der Waals surface area (Å²) in [6, 6.07) is 1.64. The zero-order chi connectivity index (χ0) is 15.4. The highest BCUT2D eigenvalue weighted by molar-refractivity contribution is 7.13. The second-order valence-corrected chi connectivity index (χ2v) is 5.85. The number of aromatic nitrogens is 1. The topological polar surface area (TPSA) is 93.6 Å². The number of nitrogens with zero attached hydrogens (tertiary/aromatic N) is 2. The van der Waals surface area contributed by atoms with Crippen LogP contribution in [0.25, 0.3) is 0 Å². The maximum Gasteiger partial charge on any atom is 0.260 e. The smallest absolute Gasteiger partial charge is 0.260 e. The fourth-order valence-corrected chi connectivity index (χ4v) is 2.90. The molecule has 7 nitrogen and oxygen atoms in total. The van der Waals surface area contributed by atoms with Gasteiger partial charge in [-0.2, -0.15) is 0 Å². The largest absolute Gasteiger partial charge is 0.467 e. The molecule has 2 aromatic rings. The van der Waals surface area contributed by atoms with Crippen molar-refractivity contribution in [1.29, 1.82) is 0 Å². The fraction of sp³-hybridized carbons (Fsp3) is 0.429. The minimum atomic E-state index is -0.240. The summed E-state index contributed by atoms with van der Waals surface area (Å²) in [6.45, 7) is 4.40. The third-order valence-corrected chi connectivity index (χ3v) is 4.19. The Morgan fingerprint density at radius 3 is 3.00 bits per heavy atom. The van der Waals surface area contributed by atoms with E-state index in [2.05, 4.69) is 15.2 Å². The monoisotopic (exact) mass is 322 g/mol. The van der Waals surface area contributed by atoms with Crippen molar-refractivity contribution in [3.05, 3.63) is 34.7 Å². The van der Waals surface area contributed by atoms with E-state index < -0.39 is 0 Å². The van der Waals surface area contributed by atoms with Gasteiger partial charge in [-0.3, -0.25) is 15.0 Å².